The van der Waals surface area contributed by atoms with E-state index in [0.29, 0.717) is 16.7 Å². The number of nitrogens with zero attached hydrogens (tertiary/aromatic N) is 3. The first-order chi connectivity index (χ1) is 11.1. The van der Waals surface area contributed by atoms with Gasteiger partial charge in [-0.15, -0.1) is 10.2 Å². The second-order valence-corrected chi connectivity index (χ2v) is 4.85. The third-order valence-corrected chi connectivity index (χ3v) is 3.32. The summed E-state index contributed by atoms with van der Waals surface area (Å²) < 4.78 is 18.8. The average Bonchev–Trinajstić information content (AvgIpc) is 3.21. The second kappa shape index (κ2) is 6.30. The summed E-state index contributed by atoms with van der Waals surface area (Å²) in [5.41, 5.74) is 1.64. The molecule has 0 bridgehead atoms. The van der Waals surface area contributed by atoms with Crippen LogP contribution in [0.1, 0.15) is 27.3 Å². The minimum Gasteiger partial charge on any atom is -0.472 e. The summed E-state index contributed by atoms with van der Waals surface area (Å²) in [7, 11) is 0. The van der Waals surface area contributed by atoms with Crippen LogP contribution in [0.25, 0.3) is 0 Å². The van der Waals surface area contributed by atoms with Crippen molar-refractivity contribution < 1.29 is 18.4 Å². The van der Waals surface area contributed by atoms with E-state index in [9.17, 15) is 14.0 Å². The Hall–Kier alpha value is -3.16. The summed E-state index contributed by atoms with van der Waals surface area (Å²) in [6, 6.07) is 6.34. The molecular formula is C15H11FN4O3. The van der Waals surface area contributed by atoms with E-state index >= 15 is 0 Å². The molecule has 3 aromatic rings. The van der Waals surface area contributed by atoms with E-state index < -0.39 is 11.6 Å². The number of halogens is 1. The highest BCUT2D eigenvalue weighted by Gasteiger charge is 2.22. The molecular weight excluding hydrogens is 303 g/mol. The number of tetrazole rings is 1. The molecule has 0 aliphatic rings. The molecule has 0 aliphatic heterocycles. The summed E-state index contributed by atoms with van der Waals surface area (Å²) in [4.78, 5) is 23.8. The molecule has 1 aromatic carbocycles. The maximum atomic E-state index is 13.7. The number of furan rings is 1. The average molecular weight is 314 g/mol. The minimum atomic E-state index is -0.836. The standard InChI is InChI=1S/C15H11FN4O3/c16-12-4-2-1-3-9(12)5-10-7-23-8-11(10)6-13(21)14(22)15-17-19-20-18-15/h1-4,7-8H,5-6H2,(H,17,18,19,20). The molecule has 0 saturated carbocycles. The van der Waals surface area contributed by atoms with Crippen LogP contribution in [0.3, 0.4) is 0 Å². The van der Waals surface area contributed by atoms with Crippen LogP contribution >= 0.6 is 0 Å². The molecule has 0 saturated heterocycles. The first-order valence-electron chi connectivity index (χ1n) is 6.73. The quantitative estimate of drug-likeness (QED) is 0.546. The van der Waals surface area contributed by atoms with Gasteiger partial charge in [0.25, 0.3) is 5.78 Å². The maximum absolute atomic E-state index is 13.7. The van der Waals surface area contributed by atoms with Gasteiger partial charge in [0.05, 0.1) is 12.5 Å². The first-order valence-corrected chi connectivity index (χ1v) is 6.73. The van der Waals surface area contributed by atoms with Gasteiger partial charge in [0, 0.05) is 18.4 Å². The van der Waals surface area contributed by atoms with Crippen molar-refractivity contribution in [1.82, 2.24) is 20.6 Å². The summed E-state index contributed by atoms with van der Waals surface area (Å²) in [5, 5.41) is 12.3. The molecule has 0 amide bonds. The molecule has 0 spiro atoms. The summed E-state index contributed by atoms with van der Waals surface area (Å²) >= 11 is 0. The van der Waals surface area contributed by atoms with E-state index in [0.717, 1.165) is 0 Å². The zero-order chi connectivity index (χ0) is 16.2. The van der Waals surface area contributed by atoms with Crippen molar-refractivity contribution in [2.75, 3.05) is 0 Å². The molecule has 3 rings (SSSR count). The lowest BCUT2D eigenvalue weighted by atomic mass is 9.99. The van der Waals surface area contributed by atoms with Crippen LogP contribution in [0, 0.1) is 5.82 Å². The number of rotatable bonds is 6. The molecule has 0 atom stereocenters. The highest BCUT2D eigenvalue weighted by Crippen LogP contribution is 2.18. The largest absolute Gasteiger partial charge is 0.472 e. The van der Waals surface area contributed by atoms with E-state index in [1.54, 1.807) is 18.2 Å². The highest BCUT2D eigenvalue weighted by molar-refractivity contribution is 6.43. The van der Waals surface area contributed by atoms with Gasteiger partial charge in [-0.25, -0.2) is 4.39 Å². The van der Waals surface area contributed by atoms with E-state index in [2.05, 4.69) is 20.6 Å². The van der Waals surface area contributed by atoms with Crippen molar-refractivity contribution in [1.29, 1.82) is 0 Å². The van der Waals surface area contributed by atoms with Crippen molar-refractivity contribution in [2.24, 2.45) is 0 Å². The topological polar surface area (TPSA) is 102 Å². The molecule has 0 fully saturated rings. The van der Waals surface area contributed by atoms with Crippen LogP contribution < -0.4 is 0 Å². The minimum absolute atomic E-state index is 0.173. The number of nitrogens with one attached hydrogen (secondary N) is 1. The fraction of sp³-hybridized carbons (Fsp3) is 0.133. The van der Waals surface area contributed by atoms with Gasteiger partial charge >= 0.3 is 0 Å². The van der Waals surface area contributed by atoms with Crippen LogP contribution in [0.4, 0.5) is 4.39 Å². The van der Waals surface area contributed by atoms with Gasteiger partial charge in [0.1, 0.15) is 5.82 Å². The van der Waals surface area contributed by atoms with Crippen molar-refractivity contribution >= 4 is 11.6 Å². The van der Waals surface area contributed by atoms with Crippen LogP contribution in [0.2, 0.25) is 0 Å². The van der Waals surface area contributed by atoms with Crippen LogP contribution in [0.15, 0.2) is 41.2 Å². The molecule has 8 heteroatoms. The van der Waals surface area contributed by atoms with Crippen molar-refractivity contribution in [3.63, 3.8) is 0 Å². The van der Waals surface area contributed by atoms with Crippen LogP contribution in [-0.4, -0.2) is 32.2 Å². The van der Waals surface area contributed by atoms with Gasteiger partial charge in [-0.1, -0.05) is 18.2 Å². The number of carbonyl (C=O) groups is 2. The van der Waals surface area contributed by atoms with Crippen LogP contribution in [-0.2, 0) is 17.6 Å². The number of carbonyl (C=O) groups excluding carboxylic acids is 2. The van der Waals surface area contributed by atoms with Crippen molar-refractivity contribution in [2.45, 2.75) is 12.8 Å². The fourth-order valence-corrected chi connectivity index (χ4v) is 2.14. The number of ketones is 2. The second-order valence-electron chi connectivity index (χ2n) is 4.85. The van der Waals surface area contributed by atoms with Crippen molar-refractivity contribution in [3.8, 4) is 0 Å². The summed E-state index contributed by atoms with van der Waals surface area (Å²) in [5.74, 6) is -2.15. The van der Waals surface area contributed by atoms with Gasteiger partial charge < -0.3 is 4.42 Å². The molecule has 0 unspecified atom stereocenters. The Labute approximate surface area is 129 Å². The molecule has 0 radical (unpaired) electrons. The predicted molar refractivity (Wildman–Crippen MR) is 75.1 cm³/mol. The number of H-pyrrole nitrogens is 1. The number of hydrogen-bond donors (Lipinski definition) is 1. The van der Waals surface area contributed by atoms with E-state index in [-0.39, 0.29) is 24.5 Å². The van der Waals surface area contributed by atoms with E-state index in [1.807, 2.05) is 0 Å². The molecule has 2 aromatic heterocycles. The van der Waals surface area contributed by atoms with Gasteiger partial charge in [0.15, 0.2) is 0 Å². The van der Waals surface area contributed by atoms with E-state index in [4.69, 9.17) is 4.42 Å². The normalized spacial score (nSPS) is 10.7. The number of benzene rings is 1. The van der Waals surface area contributed by atoms with Crippen molar-refractivity contribution in [3.05, 3.63) is 65.1 Å². The smallest absolute Gasteiger partial charge is 0.269 e. The Bertz CT molecular complexity index is 842. The Balaban J connectivity index is 1.75. The Kier molecular flexibility index (Phi) is 4.05. The third kappa shape index (κ3) is 3.20. The number of Topliss-reactive ketones (excluding diaryl/α,β-unsaturated/α-hetero) is 2. The van der Waals surface area contributed by atoms with Gasteiger partial charge in [-0.05, 0) is 22.4 Å². The lowest BCUT2D eigenvalue weighted by Gasteiger charge is -2.03. The molecule has 116 valence electrons. The monoisotopic (exact) mass is 314 g/mol. The number of hydrogen-bond acceptors (Lipinski definition) is 6. The Morgan fingerprint density at radius 1 is 1.13 bits per heavy atom. The van der Waals surface area contributed by atoms with E-state index in [1.165, 1.54) is 18.6 Å². The lowest BCUT2D eigenvalue weighted by Crippen LogP contribution is -2.18. The Morgan fingerprint density at radius 3 is 2.65 bits per heavy atom. The number of aromatic amines is 1. The summed E-state index contributed by atoms with van der Waals surface area (Å²) in [6.07, 6.45) is 2.90. The predicted octanol–water partition coefficient (Wildman–Crippen LogP) is 1.52. The first kappa shape index (κ1) is 14.8. The zero-order valence-electron chi connectivity index (χ0n) is 11.8. The fourth-order valence-electron chi connectivity index (χ4n) is 2.14. The van der Waals surface area contributed by atoms with Gasteiger partial charge in [-0.2, -0.15) is 5.21 Å². The lowest BCUT2D eigenvalue weighted by molar-refractivity contribution is -0.114. The van der Waals surface area contributed by atoms with Gasteiger partial charge in [0.2, 0.25) is 11.6 Å². The molecule has 0 aliphatic carbocycles. The highest BCUT2D eigenvalue weighted by atomic mass is 19.1. The van der Waals surface area contributed by atoms with Crippen LogP contribution in [0.5, 0.6) is 0 Å². The zero-order valence-corrected chi connectivity index (χ0v) is 11.8. The molecule has 7 nitrogen and oxygen atoms in total. The molecule has 1 N–H and O–H groups in total. The third-order valence-electron chi connectivity index (χ3n) is 3.32. The SMILES string of the molecule is O=C(Cc1cocc1Cc1ccccc1F)C(=O)c1nn[nH]n1. The summed E-state index contributed by atoms with van der Waals surface area (Å²) in [6.45, 7) is 0. The Morgan fingerprint density at radius 2 is 1.91 bits per heavy atom. The maximum Gasteiger partial charge on any atom is 0.269 e. The van der Waals surface area contributed by atoms with Gasteiger partial charge in [-0.3, -0.25) is 9.59 Å². The number of aromatic nitrogens is 4. The molecule has 2 heterocycles. The molecule has 23 heavy (non-hydrogen) atoms.